The van der Waals surface area contributed by atoms with Crippen molar-refractivity contribution >= 4 is 5.91 Å². The third kappa shape index (κ3) is 3.95. The van der Waals surface area contributed by atoms with E-state index in [0.29, 0.717) is 18.5 Å². The molecule has 0 aliphatic carbocycles. The number of aromatic nitrogens is 2. The third-order valence-corrected chi connectivity index (χ3v) is 2.94. The van der Waals surface area contributed by atoms with Gasteiger partial charge in [0.1, 0.15) is 0 Å². The lowest BCUT2D eigenvalue weighted by Crippen LogP contribution is -2.25. The standard InChI is InChI=1S/C15H16N4O/c16-7-6-13-2-4-14(5-3-13)15(20)18-8-1-10-19-11-9-17-12-19/h2-5,9,11-12H,1,6,8,10H2,(H,18,20). The van der Waals surface area contributed by atoms with Gasteiger partial charge in [0.25, 0.3) is 5.91 Å². The summed E-state index contributed by atoms with van der Waals surface area (Å²) in [7, 11) is 0. The summed E-state index contributed by atoms with van der Waals surface area (Å²) in [5, 5.41) is 11.5. The SMILES string of the molecule is N#CCc1ccc(C(=O)NCCCn2ccnc2)cc1. The van der Waals surface area contributed by atoms with Crippen molar-refractivity contribution in [1.82, 2.24) is 14.9 Å². The highest BCUT2D eigenvalue weighted by Gasteiger charge is 2.04. The van der Waals surface area contributed by atoms with Crippen molar-refractivity contribution in [1.29, 1.82) is 5.26 Å². The summed E-state index contributed by atoms with van der Waals surface area (Å²) in [5.74, 6) is -0.0841. The number of nitrogens with one attached hydrogen (secondary N) is 1. The maximum atomic E-state index is 11.9. The van der Waals surface area contributed by atoms with E-state index in [1.165, 1.54) is 0 Å². The van der Waals surface area contributed by atoms with Crippen LogP contribution < -0.4 is 5.32 Å². The van der Waals surface area contributed by atoms with Crippen LogP contribution in [-0.2, 0) is 13.0 Å². The maximum Gasteiger partial charge on any atom is 0.251 e. The molecule has 0 saturated heterocycles. The number of aryl methyl sites for hydroxylation is 1. The van der Waals surface area contributed by atoms with Gasteiger partial charge in [-0.15, -0.1) is 0 Å². The van der Waals surface area contributed by atoms with Gasteiger partial charge in [-0.25, -0.2) is 4.98 Å². The van der Waals surface area contributed by atoms with Crippen molar-refractivity contribution in [3.05, 3.63) is 54.1 Å². The summed E-state index contributed by atoms with van der Waals surface area (Å²) in [6.07, 6.45) is 6.62. The molecular weight excluding hydrogens is 252 g/mol. The quantitative estimate of drug-likeness (QED) is 0.812. The van der Waals surface area contributed by atoms with Crippen molar-refractivity contribution in [2.75, 3.05) is 6.54 Å². The van der Waals surface area contributed by atoms with E-state index in [1.54, 1.807) is 24.7 Å². The van der Waals surface area contributed by atoms with Gasteiger partial charge in [0.05, 0.1) is 18.8 Å². The van der Waals surface area contributed by atoms with E-state index in [1.807, 2.05) is 22.9 Å². The number of imidazole rings is 1. The van der Waals surface area contributed by atoms with Crippen LogP contribution in [0.1, 0.15) is 22.3 Å². The number of hydrogen-bond acceptors (Lipinski definition) is 3. The van der Waals surface area contributed by atoms with E-state index >= 15 is 0 Å². The number of hydrogen-bond donors (Lipinski definition) is 1. The van der Waals surface area contributed by atoms with Crippen LogP contribution in [-0.4, -0.2) is 22.0 Å². The van der Waals surface area contributed by atoms with Crippen molar-refractivity contribution in [2.24, 2.45) is 0 Å². The van der Waals surface area contributed by atoms with Gasteiger partial charge < -0.3 is 9.88 Å². The third-order valence-electron chi connectivity index (χ3n) is 2.94. The van der Waals surface area contributed by atoms with Crippen LogP contribution in [0.15, 0.2) is 43.0 Å². The normalized spacial score (nSPS) is 9.95. The summed E-state index contributed by atoms with van der Waals surface area (Å²) in [4.78, 5) is 15.8. The first-order valence-corrected chi connectivity index (χ1v) is 6.49. The molecule has 0 fully saturated rings. The Morgan fingerprint density at radius 1 is 1.35 bits per heavy atom. The summed E-state index contributed by atoms with van der Waals surface area (Å²) in [6.45, 7) is 1.46. The molecule has 0 bridgehead atoms. The predicted octanol–water partition coefficient (Wildman–Crippen LogP) is 1.77. The Hall–Kier alpha value is -2.61. The molecule has 0 aliphatic heterocycles. The molecule has 1 heterocycles. The van der Waals surface area contributed by atoms with Crippen LogP contribution >= 0.6 is 0 Å². The Kier molecular flexibility index (Phi) is 4.90. The molecule has 1 aromatic heterocycles. The molecule has 0 unspecified atom stereocenters. The van der Waals surface area contributed by atoms with E-state index in [2.05, 4.69) is 16.4 Å². The lowest BCUT2D eigenvalue weighted by molar-refractivity contribution is 0.0952. The second-order valence-electron chi connectivity index (χ2n) is 4.44. The molecule has 0 saturated carbocycles. The smallest absolute Gasteiger partial charge is 0.251 e. The van der Waals surface area contributed by atoms with Gasteiger partial charge in [-0.05, 0) is 24.1 Å². The van der Waals surface area contributed by atoms with E-state index in [-0.39, 0.29) is 5.91 Å². The minimum atomic E-state index is -0.0841. The largest absolute Gasteiger partial charge is 0.352 e. The summed E-state index contributed by atoms with van der Waals surface area (Å²) >= 11 is 0. The lowest BCUT2D eigenvalue weighted by atomic mass is 10.1. The van der Waals surface area contributed by atoms with Crippen molar-refractivity contribution in [3.8, 4) is 6.07 Å². The molecule has 2 rings (SSSR count). The highest BCUT2D eigenvalue weighted by atomic mass is 16.1. The molecule has 0 spiro atoms. The molecule has 0 aliphatic rings. The zero-order chi connectivity index (χ0) is 14.2. The van der Waals surface area contributed by atoms with E-state index in [0.717, 1.165) is 18.5 Å². The first-order valence-electron chi connectivity index (χ1n) is 6.49. The number of carbonyl (C=O) groups is 1. The Bertz CT molecular complexity index is 581. The molecule has 5 nitrogen and oxygen atoms in total. The minimum absolute atomic E-state index is 0.0841. The van der Waals surface area contributed by atoms with E-state index in [9.17, 15) is 4.79 Å². The topological polar surface area (TPSA) is 70.7 Å². The fourth-order valence-corrected chi connectivity index (χ4v) is 1.85. The zero-order valence-electron chi connectivity index (χ0n) is 11.1. The van der Waals surface area contributed by atoms with Crippen molar-refractivity contribution in [2.45, 2.75) is 19.4 Å². The second-order valence-corrected chi connectivity index (χ2v) is 4.44. The Morgan fingerprint density at radius 2 is 2.15 bits per heavy atom. The van der Waals surface area contributed by atoms with E-state index < -0.39 is 0 Å². The van der Waals surface area contributed by atoms with Gasteiger partial charge in [0.2, 0.25) is 0 Å². The maximum absolute atomic E-state index is 11.9. The highest BCUT2D eigenvalue weighted by molar-refractivity contribution is 5.94. The second kappa shape index (κ2) is 7.10. The monoisotopic (exact) mass is 268 g/mol. The number of carbonyl (C=O) groups excluding carboxylic acids is 1. The average molecular weight is 268 g/mol. The number of nitriles is 1. The van der Waals surface area contributed by atoms with Crippen molar-refractivity contribution in [3.63, 3.8) is 0 Å². The Balaban J connectivity index is 1.75. The minimum Gasteiger partial charge on any atom is -0.352 e. The first kappa shape index (κ1) is 13.8. The van der Waals surface area contributed by atoms with Crippen LogP contribution in [0.25, 0.3) is 0 Å². The molecule has 1 N–H and O–H groups in total. The Labute approximate surface area is 117 Å². The molecule has 1 amide bonds. The number of benzene rings is 1. The van der Waals surface area contributed by atoms with Gasteiger partial charge >= 0.3 is 0 Å². The van der Waals surface area contributed by atoms with Gasteiger partial charge in [0.15, 0.2) is 0 Å². The molecule has 5 heteroatoms. The molecule has 1 aromatic carbocycles. The molecule has 102 valence electrons. The predicted molar refractivity (Wildman–Crippen MR) is 74.9 cm³/mol. The van der Waals surface area contributed by atoms with Crippen LogP contribution in [0.5, 0.6) is 0 Å². The van der Waals surface area contributed by atoms with Crippen LogP contribution in [0.2, 0.25) is 0 Å². The van der Waals surface area contributed by atoms with Gasteiger partial charge in [0, 0.05) is 31.0 Å². The number of nitrogens with zero attached hydrogens (tertiary/aromatic N) is 3. The molecular formula is C15H16N4O. The van der Waals surface area contributed by atoms with Gasteiger partial charge in [-0.1, -0.05) is 12.1 Å². The number of amides is 1. The average Bonchev–Trinajstić information content (AvgIpc) is 2.98. The lowest BCUT2D eigenvalue weighted by Gasteiger charge is -2.06. The van der Waals surface area contributed by atoms with Crippen LogP contribution in [0.4, 0.5) is 0 Å². The zero-order valence-corrected chi connectivity index (χ0v) is 11.1. The van der Waals surface area contributed by atoms with Crippen molar-refractivity contribution < 1.29 is 4.79 Å². The van der Waals surface area contributed by atoms with Crippen LogP contribution in [0, 0.1) is 11.3 Å². The molecule has 0 radical (unpaired) electrons. The highest BCUT2D eigenvalue weighted by Crippen LogP contribution is 2.04. The summed E-state index contributed by atoms with van der Waals surface area (Å²) < 4.78 is 1.98. The number of rotatable bonds is 6. The fraction of sp³-hybridized carbons (Fsp3) is 0.267. The summed E-state index contributed by atoms with van der Waals surface area (Å²) in [6, 6.07) is 9.19. The molecule has 2 aromatic rings. The van der Waals surface area contributed by atoms with Gasteiger partial charge in [-0.2, -0.15) is 5.26 Å². The molecule has 20 heavy (non-hydrogen) atoms. The van der Waals surface area contributed by atoms with Gasteiger partial charge in [-0.3, -0.25) is 4.79 Å². The summed E-state index contributed by atoms with van der Waals surface area (Å²) in [5.41, 5.74) is 1.54. The molecule has 0 atom stereocenters. The Morgan fingerprint density at radius 3 is 2.80 bits per heavy atom. The first-order chi connectivity index (χ1) is 9.79. The fourth-order valence-electron chi connectivity index (χ4n) is 1.85. The van der Waals surface area contributed by atoms with Crippen LogP contribution in [0.3, 0.4) is 0 Å². The van der Waals surface area contributed by atoms with E-state index in [4.69, 9.17) is 5.26 Å².